The average Bonchev–Trinajstić information content (AvgIpc) is 2.05. The molecule has 3 heteroatoms. The van der Waals surface area contributed by atoms with Gasteiger partial charge in [0, 0.05) is 11.1 Å². The summed E-state index contributed by atoms with van der Waals surface area (Å²) in [6, 6.07) is 5.21. The highest BCUT2D eigenvalue weighted by Gasteiger charge is 2.12. The molecule has 1 aromatic carbocycles. The molecule has 0 fully saturated rings. The van der Waals surface area contributed by atoms with Crippen molar-refractivity contribution in [3.63, 3.8) is 0 Å². The van der Waals surface area contributed by atoms with Gasteiger partial charge in [0.05, 0.1) is 11.6 Å². The van der Waals surface area contributed by atoms with E-state index in [0.29, 0.717) is 22.4 Å². The van der Waals surface area contributed by atoms with Gasteiger partial charge in [-0.3, -0.25) is 0 Å². The average molecular weight is 233 g/mol. The van der Waals surface area contributed by atoms with Crippen LogP contribution < -0.4 is 4.74 Å². The third kappa shape index (κ3) is 3.77. The highest BCUT2D eigenvalue weighted by molar-refractivity contribution is 6.34. The van der Waals surface area contributed by atoms with E-state index in [0.717, 1.165) is 0 Å². The van der Waals surface area contributed by atoms with Crippen LogP contribution in [0.5, 0.6) is 5.75 Å². The van der Waals surface area contributed by atoms with E-state index < -0.39 is 0 Å². The van der Waals surface area contributed by atoms with E-state index in [2.05, 4.69) is 20.8 Å². The summed E-state index contributed by atoms with van der Waals surface area (Å²) in [4.78, 5) is 0. The van der Waals surface area contributed by atoms with E-state index in [1.54, 1.807) is 18.2 Å². The lowest BCUT2D eigenvalue weighted by Crippen LogP contribution is -2.16. The van der Waals surface area contributed by atoms with Crippen molar-refractivity contribution >= 4 is 23.2 Å². The van der Waals surface area contributed by atoms with Crippen molar-refractivity contribution in [2.75, 3.05) is 6.61 Å². The molecular weight excluding hydrogens is 219 g/mol. The van der Waals surface area contributed by atoms with E-state index in [9.17, 15) is 0 Å². The summed E-state index contributed by atoms with van der Waals surface area (Å²) >= 11 is 11.8. The van der Waals surface area contributed by atoms with Crippen molar-refractivity contribution in [1.29, 1.82) is 0 Å². The number of rotatable bonds is 2. The summed E-state index contributed by atoms with van der Waals surface area (Å²) in [5, 5.41) is 1.23. The lowest BCUT2D eigenvalue weighted by molar-refractivity contribution is 0.198. The summed E-state index contributed by atoms with van der Waals surface area (Å²) in [5.41, 5.74) is 0.117. The fourth-order valence-electron chi connectivity index (χ4n) is 0.882. The number of ether oxygens (including phenoxy) is 1. The van der Waals surface area contributed by atoms with E-state index in [4.69, 9.17) is 27.9 Å². The van der Waals surface area contributed by atoms with Crippen molar-refractivity contribution in [2.45, 2.75) is 20.8 Å². The second kappa shape index (κ2) is 4.41. The smallest absolute Gasteiger partial charge is 0.139 e. The molecule has 0 atom stereocenters. The van der Waals surface area contributed by atoms with Crippen molar-refractivity contribution in [2.24, 2.45) is 5.41 Å². The van der Waals surface area contributed by atoms with Gasteiger partial charge < -0.3 is 4.74 Å². The lowest BCUT2D eigenvalue weighted by Gasteiger charge is -2.19. The van der Waals surface area contributed by atoms with E-state index in [-0.39, 0.29) is 5.41 Å². The molecule has 0 amide bonds. The van der Waals surface area contributed by atoms with E-state index >= 15 is 0 Å². The Bertz CT molecular complexity index is 316. The van der Waals surface area contributed by atoms with Gasteiger partial charge in [0.2, 0.25) is 0 Å². The van der Waals surface area contributed by atoms with Gasteiger partial charge in [-0.25, -0.2) is 0 Å². The molecule has 0 unspecified atom stereocenters. The molecule has 1 aromatic rings. The molecule has 0 saturated carbocycles. The van der Waals surface area contributed by atoms with E-state index in [1.807, 2.05) is 0 Å². The van der Waals surface area contributed by atoms with Crippen molar-refractivity contribution in [1.82, 2.24) is 0 Å². The Labute approximate surface area is 95.0 Å². The predicted molar refractivity (Wildman–Crippen MR) is 61.4 cm³/mol. The summed E-state index contributed by atoms with van der Waals surface area (Å²) in [7, 11) is 0. The molecule has 0 heterocycles. The highest BCUT2D eigenvalue weighted by Crippen LogP contribution is 2.29. The molecule has 0 saturated heterocycles. The molecule has 0 radical (unpaired) electrons. The Morgan fingerprint density at radius 1 is 1.21 bits per heavy atom. The summed E-state index contributed by atoms with van der Waals surface area (Å²) < 4.78 is 5.57. The Morgan fingerprint density at radius 2 is 1.86 bits per heavy atom. The summed E-state index contributed by atoms with van der Waals surface area (Å²) in [6.45, 7) is 6.93. The third-order valence-corrected chi connectivity index (χ3v) is 2.10. The van der Waals surface area contributed by atoms with Gasteiger partial charge in [0.15, 0.2) is 0 Å². The Balaban J connectivity index is 2.72. The van der Waals surface area contributed by atoms with Crippen LogP contribution in [0.4, 0.5) is 0 Å². The molecule has 0 spiro atoms. The van der Waals surface area contributed by atoms with Crippen LogP contribution >= 0.6 is 23.2 Å². The van der Waals surface area contributed by atoms with Gasteiger partial charge in [-0.2, -0.15) is 0 Å². The number of hydrogen-bond acceptors (Lipinski definition) is 1. The van der Waals surface area contributed by atoms with Crippen molar-refractivity contribution < 1.29 is 4.74 Å². The van der Waals surface area contributed by atoms with Crippen LogP contribution in [-0.4, -0.2) is 6.61 Å². The van der Waals surface area contributed by atoms with Crippen molar-refractivity contribution in [3.05, 3.63) is 28.2 Å². The number of benzene rings is 1. The Kier molecular flexibility index (Phi) is 3.68. The lowest BCUT2D eigenvalue weighted by atomic mass is 9.99. The summed E-state index contributed by atoms with van der Waals surface area (Å²) in [6.07, 6.45) is 0. The zero-order valence-electron chi connectivity index (χ0n) is 8.60. The molecule has 78 valence electrons. The predicted octanol–water partition coefficient (Wildman–Crippen LogP) is 4.42. The monoisotopic (exact) mass is 232 g/mol. The molecular formula is C11H14Cl2O. The normalized spacial score (nSPS) is 11.5. The maximum Gasteiger partial charge on any atom is 0.139 e. The molecule has 0 bridgehead atoms. The minimum absolute atomic E-state index is 0.117. The minimum atomic E-state index is 0.117. The van der Waals surface area contributed by atoms with Gasteiger partial charge in [0.1, 0.15) is 5.75 Å². The van der Waals surface area contributed by atoms with Crippen LogP contribution in [-0.2, 0) is 0 Å². The van der Waals surface area contributed by atoms with Crippen LogP contribution in [0.15, 0.2) is 18.2 Å². The SMILES string of the molecule is CC(C)(C)COc1cc(Cl)ccc1Cl. The Morgan fingerprint density at radius 3 is 2.43 bits per heavy atom. The molecule has 1 nitrogen and oxygen atoms in total. The van der Waals surface area contributed by atoms with Crippen LogP contribution in [0.2, 0.25) is 10.0 Å². The zero-order valence-corrected chi connectivity index (χ0v) is 10.1. The topological polar surface area (TPSA) is 9.23 Å². The first-order chi connectivity index (χ1) is 6.38. The summed E-state index contributed by atoms with van der Waals surface area (Å²) in [5.74, 6) is 0.647. The second-order valence-corrected chi connectivity index (χ2v) is 5.27. The molecule has 0 aliphatic rings. The third-order valence-electron chi connectivity index (χ3n) is 1.55. The van der Waals surface area contributed by atoms with Gasteiger partial charge in [-0.05, 0) is 17.5 Å². The largest absolute Gasteiger partial charge is 0.491 e. The number of halogens is 2. The standard InChI is InChI=1S/C11H14Cl2O/c1-11(2,3)7-14-10-6-8(12)4-5-9(10)13/h4-6H,7H2,1-3H3. The maximum absolute atomic E-state index is 5.94. The first-order valence-corrected chi connectivity index (χ1v) is 5.22. The quantitative estimate of drug-likeness (QED) is 0.734. The number of hydrogen-bond donors (Lipinski definition) is 0. The van der Waals surface area contributed by atoms with Crippen LogP contribution in [0.3, 0.4) is 0 Å². The molecule has 14 heavy (non-hydrogen) atoms. The van der Waals surface area contributed by atoms with Gasteiger partial charge in [-0.1, -0.05) is 44.0 Å². The molecule has 0 aliphatic carbocycles. The maximum atomic E-state index is 5.94. The van der Waals surface area contributed by atoms with Crippen LogP contribution in [0, 0.1) is 5.41 Å². The van der Waals surface area contributed by atoms with Crippen LogP contribution in [0.1, 0.15) is 20.8 Å². The minimum Gasteiger partial charge on any atom is -0.491 e. The van der Waals surface area contributed by atoms with Crippen LogP contribution in [0.25, 0.3) is 0 Å². The fourth-order valence-corrected chi connectivity index (χ4v) is 1.22. The zero-order chi connectivity index (χ0) is 10.8. The van der Waals surface area contributed by atoms with Crippen molar-refractivity contribution in [3.8, 4) is 5.75 Å². The first kappa shape index (κ1) is 11.7. The molecule has 1 rings (SSSR count). The van der Waals surface area contributed by atoms with Gasteiger partial charge in [-0.15, -0.1) is 0 Å². The Hall–Kier alpha value is -0.400. The molecule has 0 aromatic heterocycles. The second-order valence-electron chi connectivity index (χ2n) is 4.42. The van der Waals surface area contributed by atoms with Gasteiger partial charge >= 0.3 is 0 Å². The molecule has 0 aliphatic heterocycles. The molecule has 0 N–H and O–H groups in total. The van der Waals surface area contributed by atoms with Gasteiger partial charge in [0.25, 0.3) is 0 Å². The first-order valence-electron chi connectivity index (χ1n) is 4.46. The highest BCUT2D eigenvalue weighted by atomic mass is 35.5. The fraction of sp³-hybridized carbons (Fsp3) is 0.455. The van der Waals surface area contributed by atoms with E-state index in [1.165, 1.54) is 0 Å².